The van der Waals surface area contributed by atoms with Gasteiger partial charge < -0.3 is 9.64 Å². The third-order valence-corrected chi connectivity index (χ3v) is 3.77. The number of fused-ring (bicyclic) bond motifs is 1. The molecule has 0 radical (unpaired) electrons. The van der Waals surface area contributed by atoms with Crippen molar-refractivity contribution in [1.82, 2.24) is 4.98 Å². The summed E-state index contributed by atoms with van der Waals surface area (Å²) in [6, 6.07) is 4.05. The molecule has 1 saturated heterocycles. The van der Waals surface area contributed by atoms with Crippen LogP contribution in [0.3, 0.4) is 0 Å². The molecular formula is C15H12F6N2O. The van der Waals surface area contributed by atoms with Gasteiger partial charge in [0, 0.05) is 24.2 Å². The first-order chi connectivity index (χ1) is 11.2. The molecule has 1 aliphatic rings. The van der Waals surface area contributed by atoms with Crippen molar-refractivity contribution in [2.45, 2.75) is 12.4 Å². The molecule has 0 N–H and O–H groups in total. The zero-order valence-electron chi connectivity index (χ0n) is 12.2. The molecule has 24 heavy (non-hydrogen) atoms. The summed E-state index contributed by atoms with van der Waals surface area (Å²) < 4.78 is 84.0. The number of benzene rings is 1. The number of nitrogens with zero attached hydrogens (tertiary/aromatic N) is 2. The molecule has 1 aliphatic heterocycles. The van der Waals surface area contributed by atoms with Crippen molar-refractivity contribution in [3.05, 3.63) is 35.5 Å². The standard InChI is InChI=1S/C15H12F6N2O/c16-14(17,18)10-3-1-2-9-11(23-4-6-24-7-5-23)8-12(15(19,20)21)22-13(9)10/h1-3,8H,4-7H2. The first-order valence-corrected chi connectivity index (χ1v) is 7.09. The van der Waals surface area contributed by atoms with Gasteiger partial charge in [-0.3, -0.25) is 0 Å². The molecular weight excluding hydrogens is 338 g/mol. The Kier molecular flexibility index (Phi) is 4.06. The highest BCUT2D eigenvalue weighted by Crippen LogP contribution is 2.40. The van der Waals surface area contributed by atoms with Gasteiger partial charge in [0.15, 0.2) is 0 Å². The Balaban J connectivity index is 2.29. The minimum absolute atomic E-state index is 0.0414. The summed E-state index contributed by atoms with van der Waals surface area (Å²) in [4.78, 5) is 4.85. The van der Waals surface area contributed by atoms with Gasteiger partial charge in [-0.2, -0.15) is 26.3 Å². The number of morpholine rings is 1. The van der Waals surface area contributed by atoms with E-state index in [-0.39, 0.29) is 11.1 Å². The molecule has 3 nitrogen and oxygen atoms in total. The molecule has 2 heterocycles. The lowest BCUT2D eigenvalue weighted by molar-refractivity contribution is -0.142. The number of aromatic nitrogens is 1. The van der Waals surface area contributed by atoms with Crippen molar-refractivity contribution >= 4 is 16.6 Å². The van der Waals surface area contributed by atoms with Crippen LogP contribution in [0, 0.1) is 0 Å². The van der Waals surface area contributed by atoms with Gasteiger partial charge in [0.05, 0.1) is 24.3 Å². The number of alkyl halides is 6. The van der Waals surface area contributed by atoms with Gasteiger partial charge in [0.2, 0.25) is 0 Å². The van der Waals surface area contributed by atoms with Crippen LogP contribution in [0.1, 0.15) is 11.3 Å². The second-order valence-electron chi connectivity index (χ2n) is 5.32. The van der Waals surface area contributed by atoms with E-state index in [9.17, 15) is 26.3 Å². The Morgan fingerprint density at radius 3 is 2.21 bits per heavy atom. The number of pyridine rings is 1. The Morgan fingerprint density at radius 1 is 0.958 bits per heavy atom. The predicted molar refractivity (Wildman–Crippen MR) is 74.8 cm³/mol. The van der Waals surface area contributed by atoms with Gasteiger partial charge in [0.25, 0.3) is 0 Å². The topological polar surface area (TPSA) is 25.4 Å². The molecule has 0 spiro atoms. The molecule has 0 unspecified atom stereocenters. The summed E-state index contributed by atoms with van der Waals surface area (Å²) in [6.45, 7) is 1.19. The third kappa shape index (κ3) is 3.12. The Bertz CT molecular complexity index is 750. The van der Waals surface area contributed by atoms with Crippen molar-refractivity contribution in [1.29, 1.82) is 0 Å². The van der Waals surface area contributed by atoms with E-state index < -0.39 is 29.1 Å². The molecule has 0 saturated carbocycles. The molecule has 0 bridgehead atoms. The van der Waals surface area contributed by atoms with Crippen LogP contribution in [-0.2, 0) is 17.1 Å². The average molecular weight is 350 g/mol. The lowest BCUT2D eigenvalue weighted by Gasteiger charge is -2.30. The zero-order valence-corrected chi connectivity index (χ0v) is 12.2. The molecule has 0 aliphatic carbocycles. The minimum atomic E-state index is -4.84. The van der Waals surface area contributed by atoms with Crippen LogP contribution in [0.25, 0.3) is 10.9 Å². The van der Waals surface area contributed by atoms with E-state index in [1.165, 1.54) is 12.1 Å². The number of halogens is 6. The number of para-hydroxylation sites is 1. The van der Waals surface area contributed by atoms with E-state index in [0.29, 0.717) is 26.3 Å². The molecule has 2 aromatic rings. The van der Waals surface area contributed by atoms with Crippen LogP contribution in [0.4, 0.5) is 32.0 Å². The number of hydrogen-bond acceptors (Lipinski definition) is 3. The fourth-order valence-corrected chi connectivity index (χ4v) is 2.67. The second kappa shape index (κ2) is 5.80. The lowest BCUT2D eigenvalue weighted by atomic mass is 10.1. The quantitative estimate of drug-likeness (QED) is 0.724. The van der Waals surface area contributed by atoms with Gasteiger partial charge in [-0.1, -0.05) is 12.1 Å². The molecule has 130 valence electrons. The smallest absolute Gasteiger partial charge is 0.378 e. The van der Waals surface area contributed by atoms with Gasteiger partial charge >= 0.3 is 12.4 Å². The third-order valence-electron chi connectivity index (χ3n) is 3.77. The number of anilines is 1. The summed E-state index contributed by atoms with van der Waals surface area (Å²) in [5.74, 6) is 0. The monoisotopic (exact) mass is 350 g/mol. The predicted octanol–water partition coefficient (Wildman–Crippen LogP) is 4.11. The second-order valence-corrected chi connectivity index (χ2v) is 5.32. The molecule has 0 atom stereocenters. The maximum absolute atomic E-state index is 13.2. The van der Waals surface area contributed by atoms with Crippen LogP contribution in [0.5, 0.6) is 0 Å². The Labute approximate surface area is 132 Å². The van der Waals surface area contributed by atoms with Gasteiger partial charge in [-0.05, 0) is 12.1 Å². The molecule has 9 heteroatoms. The van der Waals surface area contributed by atoms with Crippen molar-refractivity contribution < 1.29 is 31.1 Å². The Hall–Kier alpha value is -2.03. The van der Waals surface area contributed by atoms with Crippen molar-refractivity contribution in [3.63, 3.8) is 0 Å². The van der Waals surface area contributed by atoms with Crippen LogP contribution in [0.15, 0.2) is 24.3 Å². The zero-order chi connectivity index (χ0) is 17.5. The first-order valence-electron chi connectivity index (χ1n) is 7.09. The van der Waals surface area contributed by atoms with Gasteiger partial charge in [-0.15, -0.1) is 0 Å². The van der Waals surface area contributed by atoms with Gasteiger partial charge in [-0.25, -0.2) is 4.98 Å². The molecule has 1 fully saturated rings. The van der Waals surface area contributed by atoms with Crippen LogP contribution in [-0.4, -0.2) is 31.3 Å². The van der Waals surface area contributed by atoms with E-state index >= 15 is 0 Å². The van der Waals surface area contributed by atoms with Crippen LogP contribution < -0.4 is 4.90 Å². The number of rotatable bonds is 1. The number of hydrogen-bond donors (Lipinski definition) is 0. The summed E-state index contributed by atoms with van der Waals surface area (Å²) >= 11 is 0. The highest BCUT2D eigenvalue weighted by atomic mass is 19.4. The first kappa shape index (κ1) is 16.8. The summed E-state index contributed by atoms with van der Waals surface area (Å²) in [5, 5.41) is 0.0414. The molecule has 1 aromatic carbocycles. The van der Waals surface area contributed by atoms with E-state index in [4.69, 9.17) is 4.74 Å². The fourth-order valence-electron chi connectivity index (χ4n) is 2.67. The van der Waals surface area contributed by atoms with E-state index in [1.807, 2.05) is 0 Å². The summed E-state index contributed by atoms with van der Waals surface area (Å²) in [7, 11) is 0. The van der Waals surface area contributed by atoms with Crippen molar-refractivity contribution in [3.8, 4) is 0 Å². The largest absolute Gasteiger partial charge is 0.433 e. The SMILES string of the molecule is FC(F)(F)c1cc(N2CCOCC2)c2cccc(C(F)(F)F)c2n1. The van der Waals surface area contributed by atoms with Crippen LogP contribution in [0.2, 0.25) is 0 Å². The van der Waals surface area contributed by atoms with E-state index in [1.54, 1.807) is 4.90 Å². The molecule has 1 aromatic heterocycles. The van der Waals surface area contributed by atoms with E-state index in [2.05, 4.69) is 4.98 Å². The van der Waals surface area contributed by atoms with Crippen molar-refractivity contribution in [2.24, 2.45) is 0 Å². The summed E-state index contributed by atoms with van der Waals surface area (Å²) in [6.07, 6.45) is -9.63. The van der Waals surface area contributed by atoms with Gasteiger partial charge in [0.1, 0.15) is 5.69 Å². The molecule has 0 amide bonds. The highest BCUT2D eigenvalue weighted by molar-refractivity contribution is 5.94. The van der Waals surface area contributed by atoms with E-state index in [0.717, 1.165) is 12.1 Å². The average Bonchev–Trinajstić information content (AvgIpc) is 2.52. The maximum Gasteiger partial charge on any atom is 0.433 e. The summed E-state index contributed by atoms with van der Waals surface area (Å²) in [5.41, 5.74) is -3.13. The highest BCUT2D eigenvalue weighted by Gasteiger charge is 2.38. The van der Waals surface area contributed by atoms with Crippen molar-refractivity contribution in [2.75, 3.05) is 31.2 Å². The Morgan fingerprint density at radius 2 is 1.62 bits per heavy atom. The normalized spacial score (nSPS) is 16.7. The number of ether oxygens (including phenoxy) is 1. The van der Waals surface area contributed by atoms with Crippen LogP contribution >= 0.6 is 0 Å². The molecule has 3 rings (SSSR count). The fraction of sp³-hybridized carbons (Fsp3) is 0.400. The minimum Gasteiger partial charge on any atom is -0.378 e. The maximum atomic E-state index is 13.2. The lowest BCUT2D eigenvalue weighted by Crippen LogP contribution is -2.36.